The Hall–Kier alpha value is -0.320. The van der Waals surface area contributed by atoms with Crippen LogP contribution < -0.4 is 11.1 Å². The van der Waals surface area contributed by atoms with Gasteiger partial charge in [0.25, 0.3) is 0 Å². The number of carbonyl (C=O) groups is 1. The Morgan fingerprint density at radius 3 is 2.73 bits per heavy atom. The average Bonchev–Trinajstić information content (AvgIpc) is 2.19. The summed E-state index contributed by atoms with van der Waals surface area (Å²) in [6.07, 6.45) is 0.712. The number of nitrogens with zero attached hydrogens (tertiary/aromatic N) is 1. The standard InChI is InChI=1S/C10H21N3O.ClH/c1-4-9(11)10(14)13-6-7(2)12-5-8(13)3;/h7-9,12H,4-6,11H2,1-3H3;1H/t7?,8?,9-;/m0./s1. The van der Waals surface area contributed by atoms with Gasteiger partial charge in [0.1, 0.15) is 0 Å². The minimum atomic E-state index is -0.331. The van der Waals surface area contributed by atoms with Crippen molar-refractivity contribution in [3.63, 3.8) is 0 Å². The molecule has 0 bridgehead atoms. The molecule has 3 N–H and O–H groups in total. The molecule has 1 fully saturated rings. The minimum absolute atomic E-state index is 0. The number of amides is 1. The van der Waals surface area contributed by atoms with Gasteiger partial charge in [-0.05, 0) is 20.3 Å². The molecule has 0 aliphatic carbocycles. The SMILES string of the molecule is CC[C@H](N)C(=O)N1CC(C)NCC1C.Cl. The predicted octanol–water partition coefficient (Wildman–Crippen LogP) is 0.354. The van der Waals surface area contributed by atoms with Crippen molar-refractivity contribution < 1.29 is 4.79 Å². The molecule has 0 saturated carbocycles. The monoisotopic (exact) mass is 235 g/mol. The minimum Gasteiger partial charge on any atom is -0.336 e. The fourth-order valence-electron chi connectivity index (χ4n) is 1.72. The van der Waals surface area contributed by atoms with E-state index < -0.39 is 0 Å². The zero-order chi connectivity index (χ0) is 10.7. The first-order valence-electron chi connectivity index (χ1n) is 5.35. The van der Waals surface area contributed by atoms with Crippen molar-refractivity contribution in [1.82, 2.24) is 10.2 Å². The highest BCUT2D eigenvalue weighted by Crippen LogP contribution is 2.08. The molecule has 0 aromatic carbocycles. The number of carbonyl (C=O) groups excluding carboxylic acids is 1. The number of hydrogen-bond acceptors (Lipinski definition) is 3. The summed E-state index contributed by atoms with van der Waals surface area (Å²) in [5.74, 6) is 0.0911. The molecule has 1 amide bonds. The summed E-state index contributed by atoms with van der Waals surface area (Å²) in [4.78, 5) is 13.8. The van der Waals surface area contributed by atoms with E-state index in [-0.39, 0.29) is 30.4 Å². The molecule has 3 atom stereocenters. The molecule has 2 unspecified atom stereocenters. The van der Waals surface area contributed by atoms with Crippen LogP contribution in [0.1, 0.15) is 27.2 Å². The molecule has 0 aromatic rings. The smallest absolute Gasteiger partial charge is 0.239 e. The van der Waals surface area contributed by atoms with E-state index in [1.807, 2.05) is 11.8 Å². The van der Waals surface area contributed by atoms with Gasteiger partial charge in [0.15, 0.2) is 0 Å². The second-order valence-electron chi connectivity index (χ2n) is 4.16. The predicted molar refractivity (Wildman–Crippen MR) is 64.2 cm³/mol. The fraction of sp³-hybridized carbons (Fsp3) is 0.900. The largest absolute Gasteiger partial charge is 0.336 e. The highest BCUT2D eigenvalue weighted by Gasteiger charge is 2.28. The van der Waals surface area contributed by atoms with Crippen molar-refractivity contribution in [3.05, 3.63) is 0 Å². The Balaban J connectivity index is 0.00000196. The van der Waals surface area contributed by atoms with E-state index >= 15 is 0 Å². The van der Waals surface area contributed by atoms with E-state index in [1.165, 1.54) is 0 Å². The van der Waals surface area contributed by atoms with Gasteiger partial charge in [-0.15, -0.1) is 12.4 Å². The van der Waals surface area contributed by atoms with Crippen molar-refractivity contribution in [2.45, 2.75) is 45.3 Å². The van der Waals surface area contributed by atoms with Gasteiger partial charge in [-0.2, -0.15) is 0 Å². The topological polar surface area (TPSA) is 58.4 Å². The van der Waals surface area contributed by atoms with Gasteiger partial charge in [-0.1, -0.05) is 6.92 Å². The zero-order valence-corrected chi connectivity index (χ0v) is 10.5. The molecule has 1 aliphatic rings. The summed E-state index contributed by atoms with van der Waals surface area (Å²) >= 11 is 0. The maximum Gasteiger partial charge on any atom is 0.239 e. The number of rotatable bonds is 2. The average molecular weight is 236 g/mol. The number of nitrogens with two attached hydrogens (primary N) is 1. The molecule has 15 heavy (non-hydrogen) atoms. The van der Waals surface area contributed by atoms with E-state index in [0.717, 1.165) is 13.1 Å². The van der Waals surface area contributed by atoms with Crippen LogP contribution in [0.2, 0.25) is 0 Å². The van der Waals surface area contributed by atoms with E-state index in [4.69, 9.17) is 5.73 Å². The summed E-state index contributed by atoms with van der Waals surface area (Å²) in [6, 6.07) is 0.304. The second kappa shape index (κ2) is 6.30. The van der Waals surface area contributed by atoms with Gasteiger partial charge in [0, 0.05) is 25.2 Å². The van der Waals surface area contributed by atoms with Crippen LogP contribution in [0.25, 0.3) is 0 Å². The molecule has 90 valence electrons. The van der Waals surface area contributed by atoms with E-state index in [9.17, 15) is 4.79 Å². The summed E-state index contributed by atoms with van der Waals surface area (Å²) in [7, 11) is 0. The lowest BCUT2D eigenvalue weighted by Gasteiger charge is -2.38. The van der Waals surface area contributed by atoms with Crippen LogP contribution in [0, 0.1) is 0 Å². The van der Waals surface area contributed by atoms with E-state index in [2.05, 4.69) is 19.2 Å². The first kappa shape index (κ1) is 14.7. The second-order valence-corrected chi connectivity index (χ2v) is 4.16. The van der Waals surface area contributed by atoms with Crippen LogP contribution in [0.3, 0.4) is 0 Å². The summed E-state index contributed by atoms with van der Waals surface area (Å²) < 4.78 is 0. The lowest BCUT2D eigenvalue weighted by molar-refractivity contribution is -0.136. The van der Waals surface area contributed by atoms with Crippen LogP contribution in [-0.4, -0.2) is 42.0 Å². The van der Waals surface area contributed by atoms with Crippen LogP contribution >= 0.6 is 12.4 Å². The first-order chi connectivity index (χ1) is 6.56. The molecule has 0 aromatic heterocycles. The summed E-state index contributed by atoms with van der Waals surface area (Å²) in [5.41, 5.74) is 5.74. The molecule has 0 spiro atoms. The number of nitrogens with one attached hydrogen (secondary N) is 1. The van der Waals surface area contributed by atoms with E-state index in [0.29, 0.717) is 12.5 Å². The van der Waals surface area contributed by atoms with Gasteiger partial charge < -0.3 is 16.0 Å². The lowest BCUT2D eigenvalue weighted by Crippen LogP contribution is -2.59. The molecule has 1 heterocycles. The van der Waals surface area contributed by atoms with Crippen LogP contribution in [0.5, 0.6) is 0 Å². The molecular formula is C10H22ClN3O. The molecule has 4 nitrogen and oxygen atoms in total. The van der Waals surface area contributed by atoms with Gasteiger partial charge >= 0.3 is 0 Å². The molecule has 1 aliphatic heterocycles. The van der Waals surface area contributed by atoms with Gasteiger partial charge in [0.2, 0.25) is 5.91 Å². The van der Waals surface area contributed by atoms with Crippen LogP contribution in [0.15, 0.2) is 0 Å². The Morgan fingerprint density at radius 1 is 1.60 bits per heavy atom. The van der Waals surface area contributed by atoms with Gasteiger partial charge in [-0.3, -0.25) is 4.79 Å². The van der Waals surface area contributed by atoms with Crippen molar-refractivity contribution in [2.24, 2.45) is 5.73 Å². The van der Waals surface area contributed by atoms with Crippen LogP contribution in [-0.2, 0) is 4.79 Å². The van der Waals surface area contributed by atoms with Gasteiger partial charge in [-0.25, -0.2) is 0 Å². The lowest BCUT2D eigenvalue weighted by atomic mass is 10.1. The maximum atomic E-state index is 11.9. The molecule has 1 rings (SSSR count). The third-order valence-corrected chi connectivity index (χ3v) is 2.80. The molecule has 1 saturated heterocycles. The zero-order valence-electron chi connectivity index (χ0n) is 9.69. The Morgan fingerprint density at radius 2 is 2.20 bits per heavy atom. The first-order valence-corrected chi connectivity index (χ1v) is 5.35. The highest BCUT2D eigenvalue weighted by atomic mass is 35.5. The maximum absolute atomic E-state index is 11.9. The summed E-state index contributed by atoms with van der Waals surface area (Å²) in [5, 5.41) is 3.34. The molecule has 5 heteroatoms. The molecule has 0 radical (unpaired) electrons. The van der Waals surface area contributed by atoms with Crippen molar-refractivity contribution in [3.8, 4) is 0 Å². The third kappa shape index (κ3) is 3.63. The highest BCUT2D eigenvalue weighted by molar-refractivity contribution is 5.85. The van der Waals surface area contributed by atoms with E-state index in [1.54, 1.807) is 0 Å². The number of hydrogen-bond donors (Lipinski definition) is 2. The Bertz CT molecular complexity index is 213. The number of piperazine rings is 1. The van der Waals surface area contributed by atoms with Crippen molar-refractivity contribution >= 4 is 18.3 Å². The Kier molecular flexibility index (Phi) is 6.17. The number of halogens is 1. The van der Waals surface area contributed by atoms with Crippen molar-refractivity contribution in [1.29, 1.82) is 0 Å². The normalized spacial score (nSPS) is 28.1. The fourth-order valence-corrected chi connectivity index (χ4v) is 1.72. The third-order valence-electron chi connectivity index (χ3n) is 2.80. The van der Waals surface area contributed by atoms with Gasteiger partial charge in [0.05, 0.1) is 6.04 Å². The van der Waals surface area contributed by atoms with Crippen LogP contribution in [0.4, 0.5) is 0 Å². The molecular weight excluding hydrogens is 214 g/mol. The quantitative estimate of drug-likeness (QED) is 0.727. The Labute approximate surface area is 98.0 Å². The van der Waals surface area contributed by atoms with Crippen molar-refractivity contribution in [2.75, 3.05) is 13.1 Å². The summed E-state index contributed by atoms with van der Waals surface area (Å²) in [6.45, 7) is 7.72.